The topological polar surface area (TPSA) is 20.2 Å². The summed E-state index contributed by atoms with van der Waals surface area (Å²) in [5.41, 5.74) is 0. The third-order valence-electron chi connectivity index (χ3n) is 0.800. The molecule has 0 radical (unpaired) electrons. The summed E-state index contributed by atoms with van der Waals surface area (Å²) in [5.74, 6) is 0. The molecule has 1 heteroatoms. The molecule has 0 aromatic rings. The second-order valence-electron chi connectivity index (χ2n) is 1.77. The lowest BCUT2D eigenvalue weighted by atomic mass is 10.4. The van der Waals surface area contributed by atoms with Crippen LogP contribution in [0.5, 0.6) is 0 Å². The van der Waals surface area contributed by atoms with Crippen molar-refractivity contribution in [2.24, 2.45) is 0 Å². The smallest absolute Gasteiger partial charge is 0.0430 e. The van der Waals surface area contributed by atoms with E-state index >= 15 is 0 Å². The first-order valence-corrected chi connectivity index (χ1v) is 3.55. The molecule has 9 heavy (non-hydrogen) atoms. The summed E-state index contributed by atoms with van der Waals surface area (Å²) < 4.78 is 0. The second kappa shape index (κ2) is 15.6. The Balaban J connectivity index is 0. The lowest BCUT2D eigenvalue weighted by molar-refractivity contribution is 0.287. The van der Waals surface area contributed by atoms with Crippen molar-refractivity contribution in [1.29, 1.82) is 0 Å². The molecular weight excluding hydrogens is 112 g/mol. The van der Waals surface area contributed by atoms with Crippen LogP contribution in [0, 0.1) is 0 Å². The maximum Gasteiger partial charge on any atom is 0.0430 e. The molecule has 0 rings (SSSR count). The SMILES string of the molecule is C=CCC.CCCCO. The summed E-state index contributed by atoms with van der Waals surface area (Å²) in [6.07, 6.45) is 5.00. The summed E-state index contributed by atoms with van der Waals surface area (Å²) in [6.45, 7) is 7.94. The van der Waals surface area contributed by atoms with Gasteiger partial charge in [-0.05, 0) is 12.8 Å². The maximum atomic E-state index is 8.07. The third kappa shape index (κ3) is 34.3. The Morgan fingerprint density at radius 1 is 1.44 bits per heavy atom. The van der Waals surface area contributed by atoms with E-state index in [2.05, 4.69) is 20.4 Å². The van der Waals surface area contributed by atoms with Gasteiger partial charge in [0.15, 0.2) is 0 Å². The Bertz CT molecular complexity index is 39.8. The standard InChI is InChI=1S/C4H10O.C4H8/c1-2-3-4-5;1-3-4-2/h5H,2-4H2,1H3;3H,1,4H2,2H3. The molecule has 0 saturated heterocycles. The maximum absolute atomic E-state index is 8.07. The van der Waals surface area contributed by atoms with Crippen LogP contribution in [0.3, 0.4) is 0 Å². The minimum atomic E-state index is 0.344. The van der Waals surface area contributed by atoms with Gasteiger partial charge in [-0.15, -0.1) is 6.58 Å². The molecule has 0 atom stereocenters. The van der Waals surface area contributed by atoms with Crippen LogP contribution in [0.15, 0.2) is 12.7 Å². The van der Waals surface area contributed by atoms with Crippen LogP contribution in [0.2, 0.25) is 0 Å². The monoisotopic (exact) mass is 130 g/mol. The Morgan fingerprint density at radius 3 is 1.89 bits per heavy atom. The van der Waals surface area contributed by atoms with Crippen LogP contribution in [0.4, 0.5) is 0 Å². The molecule has 0 heterocycles. The minimum Gasteiger partial charge on any atom is -0.396 e. The number of rotatable bonds is 3. The fourth-order valence-corrected chi connectivity index (χ4v) is 0.158. The van der Waals surface area contributed by atoms with Crippen LogP contribution < -0.4 is 0 Å². The van der Waals surface area contributed by atoms with E-state index < -0.39 is 0 Å². The zero-order valence-electron chi connectivity index (χ0n) is 6.56. The van der Waals surface area contributed by atoms with Crippen molar-refractivity contribution in [3.05, 3.63) is 12.7 Å². The Morgan fingerprint density at radius 2 is 1.89 bits per heavy atom. The third-order valence-corrected chi connectivity index (χ3v) is 0.800. The second-order valence-corrected chi connectivity index (χ2v) is 1.77. The molecule has 0 aromatic heterocycles. The van der Waals surface area contributed by atoms with E-state index in [4.69, 9.17) is 5.11 Å². The number of unbranched alkanes of at least 4 members (excludes halogenated alkanes) is 1. The van der Waals surface area contributed by atoms with Crippen molar-refractivity contribution in [2.45, 2.75) is 33.1 Å². The fourth-order valence-electron chi connectivity index (χ4n) is 0.158. The molecule has 0 bridgehead atoms. The van der Waals surface area contributed by atoms with Crippen molar-refractivity contribution in [3.63, 3.8) is 0 Å². The fraction of sp³-hybridized carbons (Fsp3) is 0.750. The average Bonchev–Trinajstić information content (AvgIpc) is 1.91. The predicted octanol–water partition coefficient (Wildman–Crippen LogP) is 2.36. The van der Waals surface area contributed by atoms with Crippen molar-refractivity contribution >= 4 is 0 Å². The molecule has 0 fully saturated rings. The first-order chi connectivity index (χ1) is 4.33. The van der Waals surface area contributed by atoms with Gasteiger partial charge in [0.25, 0.3) is 0 Å². The minimum absolute atomic E-state index is 0.344. The highest BCUT2D eigenvalue weighted by molar-refractivity contribution is 4.60. The molecule has 0 saturated carbocycles. The van der Waals surface area contributed by atoms with Gasteiger partial charge in [-0.2, -0.15) is 0 Å². The van der Waals surface area contributed by atoms with Gasteiger partial charge in [0.1, 0.15) is 0 Å². The van der Waals surface area contributed by atoms with E-state index in [1.54, 1.807) is 0 Å². The summed E-state index contributed by atoms with van der Waals surface area (Å²) in [5, 5.41) is 8.07. The van der Waals surface area contributed by atoms with Crippen LogP contribution in [-0.4, -0.2) is 11.7 Å². The molecule has 0 spiro atoms. The Kier molecular flexibility index (Phi) is 20.0. The van der Waals surface area contributed by atoms with Crippen LogP contribution in [0.1, 0.15) is 33.1 Å². The molecule has 56 valence electrons. The van der Waals surface area contributed by atoms with Gasteiger partial charge in [0.2, 0.25) is 0 Å². The molecular formula is C8H18O. The zero-order valence-corrected chi connectivity index (χ0v) is 6.56. The zero-order chi connectivity index (χ0) is 7.54. The predicted molar refractivity (Wildman–Crippen MR) is 42.5 cm³/mol. The van der Waals surface area contributed by atoms with E-state index in [9.17, 15) is 0 Å². The number of aliphatic hydroxyl groups excluding tert-OH is 1. The number of hydrogen-bond donors (Lipinski definition) is 1. The molecule has 0 aliphatic heterocycles. The van der Waals surface area contributed by atoms with Crippen LogP contribution in [-0.2, 0) is 0 Å². The lowest BCUT2D eigenvalue weighted by Crippen LogP contribution is -1.75. The number of hydrogen-bond acceptors (Lipinski definition) is 1. The molecule has 1 N–H and O–H groups in total. The van der Waals surface area contributed by atoms with Crippen molar-refractivity contribution in [3.8, 4) is 0 Å². The summed E-state index contributed by atoms with van der Waals surface area (Å²) in [6, 6.07) is 0. The Hall–Kier alpha value is -0.300. The van der Waals surface area contributed by atoms with Gasteiger partial charge in [-0.3, -0.25) is 0 Å². The van der Waals surface area contributed by atoms with Gasteiger partial charge in [0.05, 0.1) is 0 Å². The molecule has 0 aromatic carbocycles. The summed E-state index contributed by atoms with van der Waals surface area (Å²) in [4.78, 5) is 0. The van der Waals surface area contributed by atoms with E-state index in [1.165, 1.54) is 0 Å². The van der Waals surface area contributed by atoms with Gasteiger partial charge in [-0.1, -0.05) is 26.3 Å². The molecule has 0 aliphatic carbocycles. The average molecular weight is 130 g/mol. The summed E-state index contributed by atoms with van der Waals surface area (Å²) >= 11 is 0. The van der Waals surface area contributed by atoms with E-state index in [0.717, 1.165) is 19.3 Å². The van der Waals surface area contributed by atoms with Gasteiger partial charge in [-0.25, -0.2) is 0 Å². The molecule has 0 unspecified atom stereocenters. The van der Waals surface area contributed by atoms with E-state index in [-0.39, 0.29) is 0 Å². The lowest BCUT2D eigenvalue weighted by Gasteiger charge is -1.79. The largest absolute Gasteiger partial charge is 0.396 e. The normalized spacial score (nSPS) is 7.44. The van der Waals surface area contributed by atoms with Crippen LogP contribution in [0.25, 0.3) is 0 Å². The highest BCUT2D eigenvalue weighted by atomic mass is 16.2. The van der Waals surface area contributed by atoms with Crippen LogP contribution >= 0.6 is 0 Å². The van der Waals surface area contributed by atoms with Gasteiger partial charge >= 0.3 is 0 Å². The first kappa shape index (κ1) is 11.5. The highest BCUT2D eigenvalue weighted by Gasteiger charge is 1.69. The quantitative estimate of drug-likeness (QED) is 0.581. The van der Waals surface area contributed by atoms with Crippen molar-refractivity contribution < 1.29 is 5.11 Å². The van der Waals surface area contributed by atoms with Crippen molar-refractivity contribution in [2.75, 3.05) is 6.61 Å². The molecule has 1 nitrogen and oxygen atoms in total. The van der Waals surface area contributed by atoms with E-state index in [0.29, 0.717) is 6.61 Å². The van der Waals surface area contributed by atoms with Gasteiger partial charge < -0.3 is 5.11 Å². The molecule has 0 aliphatic rings. The van der Waals surface area contributed by atoms with E-state index in [1.807, 2.05) is 6.08 Å². The molecule has 0 amide bonds. The highest BCUT2D eigenvalue weighted by Crippen LogP contribution is 1.78. The Labute approximate surface area is 58.4 Å². The number of aliphatic hydroxyl groups is 1. The first-order valence-electron chi connectivity index (χ1n) is 3.55. The van der Waals surface area contributed by atoms with Gasteiger partial charge in [0, 0.05) is 6.61 Å². The summed E-state index contributed by atoms with van der Waals surface area (Å²) in [7, 11) is 0. The van der Waals surface area contributed by atoms with Crippen molar-refractivity contribution in [1.82, 2.24) is 0 Å². The number of allylic oxidation sites excluding steroid dienone is 1.